The van der Waals surface area contributed by atoms with Gasteiger partial charge < -0.3 is 16.0 Å². The second-order valence-electron chi connectivity index (χ2n) is 5.06. The van der Waals surface area contributed by atoms with Gasteiger partial charge in [0.1, 0.15) is 0 Å². The van der Waals surface area contributed by atoms with Crippen molar-refractivity contribution in [3.8, 4) is 0 Å². The third kappa shape index (κ3) is 7.43. The first-order valence-electron chi connectivity index (χ1n) is 7.66. The Bertz CT molecular complexity index is 578. The SMILES string of the molecule is CCCCCC(=O)NC(=S)Nc1cc(NC(=O)CC)ccc1Cl. The van der Waals surface area contributed by atoms with Gasteiger partial charge in [-0.3, -0.25) is 9.59 Å². The van der Waals surface area contributed by atoms with Crippen LogP contribution in [0.15, 0.2) is 18.2 Å². The van der Waals surface area contributed by atoms with Crippen LogP contribution >= 0.6 is 23.8 Å². The molecule has 1 aromatic carbocycles. The molecule has 5 nitrogen and oxygen atoms in total. The molecule has 2 amide bonds. The molecule has 23 heavy (non-hydrogen) atoms. The minimum Gasteiger partial charge on any atom is -0.331 e. The van der Waals surface area contributed by atoms with Crippen molar-refractivity contribution in [3.63, 3.8) is 0 Å². The molecular formula is C16H22ClN3O2S. The van der Waals surface area contributed by atoms with E-state index < -0.39 is 0 Å². The molecule has 0 aliphatic rings. The van der Waals surface area contributed by atoms with Crippen molar-refractivity contribution < 1.29 is 9.59 Å². The zero-order chi connectivity index (χ0) is 17.2. The molecule has 0 aliphatic carbocycles. The van der Waals surface area contributed by atoms with Crippen LogP contribution in [0, 0.1) is 0 Å². The number of unbranched alkanes of at least 4 members (excludes halogenated alkanes) is 2. The third-order valence-corrected chi connectivity index (χ3v) is 3.61. The smallest absolute Gasteiger partial charge is 0.226 e. The van der Waals surface area contributed by atoms with E-state index in [2.05, 4.69) is 22.9 Å². The summed E-state index contributed by atoms with van der Waals surface area (Å²) < 4.78 is 0. The summed E-state index contributed by atoms with van der Waals surface area (Å²) in [5.74, 6) is -0.215. The zero-order valence-electron chi connectivity index (χ0n) is 13.4. The average molecular weight is 356 g/mol. The predicted octanol–water partition coefficient (Wildman–Crippen LogP) is 4.08. The minimum absolute atomic E-state index is 0.0925. The maximum atomic E-state index is 11.7. The van der Waals surface area contributed by atoms with E-state index in [1.165, 1.54) is 0 Å². The highest BCUT2D eigenvalue weighted by Gasteiger charge is 2.08. The lowest BCUT2D eigenvalue weighted by molar-refractivity contribution is -0.119. The van der Waals surface area contributed by atoms with Gasteiger partial charge in [-0.2, -0.15) is 0 Å². The molecule has 0 saturated carbocycles. The fourth-order valence-corrected chi connectivity index (χ4v) is 2.22. The Morgan fingerprint density at radius 1 is 1.13 bits per heavy atom. The van der Waals surface area contributed by atoms with E-state index in [9.17, 15) is 9.59 Å². The van der Waals surface area contributed by atoms with Crippen LogP contribution in [0.1, 0.15) is 46.0 Å². The molecule has 0 radical (unpaired) electrons. The first-order valence-corrected chi connectivity index (χ1v) is 8.45. The van der Waals surface area contributed by atoms with Crippen molar-refractivity contribution >= 4 is 52.1 Å². The van der Waals surface area contributed by atoms with Crippen LogP contribution in [0.4, 0.5) is 11.4 Å². The van der Waals surface area contributed by atoms with Crippen molar-refractivity contribution in [3.05, 3.63) is 23.2 Å². The highest BCUT2D eigenvalue weighted by Crippen LogP contribution is 2.25. The van der Waals surface area contributed by atoms with Crippen LogP contribution < -0.4 is 16.0 Å². The maximum absolute atomic E-state index is 11.7. The third-order valence-electron chi connectivity index (χ3n) is 3.08. The number of rotatable bonds is 7. The standard InChI is InChI=1S/C16H22ClN3O2S/c1-3-5-6-7-15(22)20-16(23)19-13-10-11(8-9-12(13)17)18-14(21)4-2/h8-10H,3-7H2,1-2H3,(H,18,21)(H2,19,20,22,23). The van der Waals surface area contributed by atoms with Crippen molar-refractivity contribution in [2.45, 2.75) is 46.0 Å². The van der Waals surface area contributed by atoms with Gasteiger partial charge in [0, 0.05) is 18.5 Å². The van der Waals surface area contributed by atoms with Gasteiger partial charge in [0.05, 0.1) is 10.7 Å². The number of carbonyl (C=O) groups excluding carboxylic acids is 2. The molecule has 126 valence electrons. The van der Waals surface area contributed by atoms with Crippen molar-refractivity contribution in [2.24, 2.45) is 0 Å². The molecule has 3 N–H and O–H groups in total. The number of nitrogens with one attached hydrogen (secondary N) is 3. The maximum Gasteiger partial charge on any atom is 0.226 e. The monoisotopic (exact) mass is 355 g/mol. The Balaban J connectivity index is 2.61. The van der Waals surface area contributed by atoms with E-state index in [0.29, 0.717) is 29.2 Å². The van der Waals surface area contributed by atoms with Crippen LogP contribution in [0.2, 0.25) is 5.02 Å². The summed E-state index contributed by atoms with van der Waals surface area (Å²) in [6, 6.07) is 5.03. The van der Waals surface area contributed by atoms with Gasteiger partial charge in [0.25, 0.3) is 0 Å². The zero-order valence-corrected chi connectivity index (χ0v) is 14.9. The summed E-state index contributed by atoms with van der Waals surface area (Å²) in [6.45, 7) is 3.85. The van der Waals surface area contributed by atoms with Gasteiger partial charge in [-0.25, -0.2) is 0 Å². The molecule has 0 unspecified atom stereocenters. The van der Waals surface area contributed by atoms with Crippen molar-refractivity contribution in [1.82, 2.24) is 5.32 Å². The molecular weight excluding hydrogens is 334 g/mol. The number of anilines is 2. The van der Waals surface area contributed by atoms with E-state index in [1.54, 1.807) is 25.1 Å². The molecule has 1 aromatic rings. The molecule has 0 heterocycles. The molecule has 7 heteroatoms. The van der Waals surface area contributed by atoms with Gasteiger partial charge in [0.2, 0.25) is 11.8 Å². The van der Waals surface area contributed by atoms with Crippen LogP contribution in [0.3, 0.4) is 0 Å². The molecule has 0 saturated heterocycles. The van der Waals surface area contributed by atoms with Gasteiger partial charge >= 0.3 is 0 Å². The molecule has 0 bridgehead atoms. The summed E-state index contributed by atoms with van der Waals surface area (Å²) in [7, 11) is 0. The van der Waals surface area contributed by atoms with E-state index >= 15 is 0 Å². The highest BCUT2D eigenvalue weighted by atomic mass is 35.5. The fourth-order valence-electron chi connectivity index (χ4n) is 1.83. The predicted molar refractivity (Wildman–Crippen MR) is 98.9 cm³/mol. The Hall–Kier alpha value is -1.66. The largest absolute Gasteiger partial charge is 0.331 e. The van der Waals surface area contributed by atoms with E-state index in [0.717, 1.165) is 19.3 Å². The molecule has 1 rings (SSSR count). The Labute approximate surface area is 147 Å². The first kappa shape index (κ1) is 19.4. The molecule has 0 aliphatic heterocycles. The minimum atomic E-state index is -0.123. The summed E-state index contributed by atoms with van der Waals surface area (Å²) in [4.78, 5) is 23.1. The summed E-state index contributed by atoms with van der Waals surface area (Å²) in [6.07, 6.45) is 3.73. The van der Waals surface area contributed by atoms with Gasteiger partial charge in [-0.15, -0.1) is 0 Å². The topological polar surface area (TPSA) is 70.2 Å². The molecule has 0 atom stereocenters. The summed E-state index contributed by atoms with van der Waals surface area (Å²) in [5, 5.41) is 8.87. The number of carbonyl (C=O) groups is 2. The Morgan fingerprint density at radius 2 is 1.87 bits per heavy atom. The summed E-state index contributed by atoms with van der Waals surface area (Å²) >= 11 is 11.2. The normalized spacial score (nSPS) is 10.0. The first-order chi connectivity index (χ1) is 11.0. The number of thiocarbonyl (C=S) groups is 1. The summed E-state index contributed by atoms with van der Waals surface area (Å²) in [5.41, 5.74) is 1.14. The fraction of sp³-hybridized carbons (Fsp3) is 0.438. The van der Waals surface area contributed by atoms with Crippen molar-refractivity contribution in [2.75, 3.05) is 10.6 Å². The average Bonchev–Trinajstić information content (AvgIpc) is 2.50. The van der Waals surface area contributed by atoms with E-state index in [-0.39, 0.29) is 16.9 Å². The van der Waals surface area contributed by atoms with Gasteiger partial charge in [0.15, 0.2) is 5.11 Å². The number of halogens is 1. The van der Waals surface area contributed by atoms with Gasteiger partial charge in [-0.05, 0) is 36.8 Å². The van der Waals surface area contributed by atoms with E-state index in [4.69, 9.17) is 23.8 Å². The Morgan fingerprint density at radius 3 is 2.52 bits per heavy atom. The van der Waals surface area contributed by atoms with Crippen LogP contribution in [-0.4, -0.2) is 16.9 Å². The molecule has 0 aromatic heterocycles. The lowest BCUT2D eigenvalue weighted by Gasteiger charge is -2.12. The second-order valence-corrected chi connectivity index (χ2v) is 5.87. The highest BCUT2D eigenvalue weighted by molar-refractivity contribution is 7.80. The number of hydrogen-bond acceptors (Lipinski definition) is 3. The van der Waals surface area contributed by atoms with Gasteiger partial charge in [-0.1, -0.05) is 38.3 Å². The number of amides is 2. The molecule has 0 spiro atoms. The van der Waals surface area contributed by atoms with Crippen LogP contribution in [0.25, 0.3) is 0 Å². The quantitative estimate of drug-likeness (QED) is 0.509. The number of benzene rings is 1. The van der Waals surface area contributed by atoms with Crippen molar-refractivity contribution in [1.29, 1.82) is 0 Å². The number of hydrogen-bond donors (Lipinski definition) is 3. The Kier molecular flexibility index (Phi) is 8.58. The van der Waals surface area contributed by atoms with E-state index in [1.807, 2.05) is 0 Å². The van der Waals surface area contributed by atoms with Crippen LogP contribution in [-0.2, 0) is 9.59 Å². The second kappa shape index (κ2) is 10.2. The lowest BCUT2D eigenvalue weighted by Crippen LogP contribution is -2.34. The molecule has 0 fully saturated rings. The lowest BCUT2D eigenvalue weighted by atomic mass is 10.2. The van der Waals surface area contributed by atoms with Crippen LogP contribution in [0.5, 0.6) is 0 Å².